The Labute approximate surface area is 85.8 Å². The zero-order chi connectivity index (χ0) is 11.6. The quantitative estimate of drug-likeness (QED) is 0.402. The van der Waals surface area contributed by atoms with Gasteiger partial charge < -0.3 is 9.84 Å². The molecule has 0 bridgehead atoms. The molecule has 3 heteroatoms. The number of hydrogen-bond donors (Lipinski definition) is 1. The number of rotatable bonds is 1. The van der Waals surface area contributed by atoms with Gasteiger partial charge in [-0.15, -0.1) is 0 Å². The van der Waals surface area contributed by atoms with Gasteiger partial charge in [-0.25, -0.2) is 4.79 Å². The number of aliphatic hydroxyl groups excluding tert-OH is 1. The van der Waals surface area contributed by atoms with Gasteiger partial charge in [-0.1, -0.05) is 20.8 Å². The summed E-state index contributed by atoms with van der Waals surface area (Å²) in [5.41, 5.74) is -0.808. The number of aliphatic hydroxyl groups is 1. The van der Waals surface area contributed by atoms with E-state index in [9.17, 15) is 9.90 Å². The van der Waals surface area contributed by atoms with Gasteiger partial charge in [-0.05, 0) is 32.3 Å². The molecule has 0 rings (SSSR count). The topological polar surface area (TPSA) is 46.5 Å². The Hall–Kier alpha value is -0.990. The van der Waals surface area contributed by atoms with Crippen LogP contribution in [0.25, 0.3) is 0 Å². The summed E-state index contributed by atoms with van der Waals surface area (Å²) in [7, 11) is 0. The van der Waals surface area contributed by atoms with E-state index < -0.39 is 11.6 Å². The SMILES string of the molecule is CC(C)(C)C=C(O)C(=O)OC(C)(C)C. The minimum atomic E-state index is -0.674. The Morgan fingerprint density at radius 1 is 1.14 bits per heavy atom. The first-order valence-electron chi connectivity index (χ1n) is 4.66. The Morgan fingerprint density at radius 3 is 1.86 bits per heavy atom. The highest BCUT2D eigenvalue weighted by molar-refractivity contribution is 5.86. The van der Waals surface area contributed by atoms with Crippen LogP contribution in [0.5, 0.6) is 0 Å². The van der Waals surface area contributed by atoms with E-state index in [2.05, 4.69) is 0 Å². The number of allylic oxidation sites excluding steroid dienone is 1. The molecule has 0 atom stereocenters. The maximum absolute atomic E-state index is 11.3. The summed E-state index contributed by atoms with van der Waals surface area (Å²) in [6, 6.07) is 0. The highest BCUT2D eigenvalue weighted by Gasteiger charge is 2.21. The molecule has 0 unspecified atom stereocenters. The van der Waals surface area contributed by atoms with Gasteiger partial charge in [0, 0.05) is 0 Å². The Morgan fingerprint density at radius 2 is 1.57 bits per heavy atom. The summed E-state index contributed by atoms with van der Waals surface area (Å²) >= 11 is 0. The minimum absolute atomic E-state index is 0.235. The average molecular weight is 200 g/mol. The molecular formula is C11H20O3. The van der Waals surface area contributed by atoms with Crippen LogP contribution in [-0.4, -0.2) is 16.7 Å². The molecule has 0 aromatic heterocycles. The van der Waals surface area contributed by atoms with Gasteiger partial charge in [0.05, 0.1) is 0 Å². The number of esters is 1. The Balaban J connectivity index is 4.50. The van der Waals surface area contributed by atoms with Gasteiger partial charge in [-0.2, -0.15) is 0 Å². The van der Waals surface area contributed by atoms with Gasteiger partial charge in [0.25, 0.3) is 0 Å². The molecule has 0 saturated heterocycles. The zero-order valence-electron chi connectivity index (χ0n) is 9.84. The van der Waals surface area contributed by atoms with Crippen LogP contribution in [0.1, 0.15) is 41.5 Å². The monoisotopic (exact) mass is 200 g/mol. The van der Waals surface area contributed by atoms with Gasteiger partial charge in [0.15, 0.2) is 5.76 Å². The fourth-order valence-electron chi connectivity index (χ4n) is 0.799. The van der Waals surface area contributed by atoms with Crippen LogP contribution >= 0.6 is 0 Å². The van der Waals surface area contributed by atoms with E-state index in [0.29, 0.717) is 0 Å². The molecule has 0 aliphatic rings. The lowest BCUT2D eigenvalue weighted by atomic mass is 9.96. The van der Waals surface area contributed by atoms with Gasteiger partial charge in [0.1, 0.15) is 5.60 Å². The van der Waals surface area contributed by atoms with Crippen LogP contribution in [0.4, 0.5) is 0 Å². The molecule has 82 valence electrons. The molecule has 0 heterocycles. The average Bonchev–Trinajstić information content (AvgIpc) is 1.78. The second-order valence-corrected chi connectivity index (χ2v) is 5.40. The maximum Gasteiger partial charge on any atom is 0.373 e. The first-order chi connectivity index (χ1) is 6.01. The fraction of sp³-hybridized carbons (Fsp3) is 0.727. The van der Waals surface area contributed by atoms with Gasteiger partial charge in [0.2, 0.25) is 0 Å². The van der Waals surface area contributed by atoms with E-state index in [1.807, 2.05) is 20.8 Å². The molecule has 0 aromatic carbocycles. The van der Waals surface area contributed by atoms with Gasteiger partial charge >= 0.3 is 5.97 Å². The number of ether oxygens (including phenoxy) is 1. The molecule has 3 nitrogen and oxygen atoms in total. The van der Waals surface area contributed by atoms with Crippen molar-refractivity contribution < 1.29 is 14.6 Å². The van der Waals surface area contributed by atoms with Crippen molar-refractivity contribution >= 4 is 5.97 Å². The number of hydrogen-bond acceptors (Lipinski definition) is 3. The van der Waals surface area contributed by atoms with E-state index in [-0.39, 0.29) is 11.2 Å². The maximum atomic E-state index is 11.3. The smallest absolute Gasteiger partial charge is 0.373 e. The number of carbonyl (C=O) groups is 1. The van der Waals surface area contributed by atoms with Crippen LogP contribution in [0.2, 0.25) is 0 Å². The molecule has 1 N–H and O–H groups in total. The highest BCUT2D eigenvalue weighted by atomic mass is 16.6. The van der Waals surface area contributed by atoms with Crippen molar-refractivity contribution in [3.63, 3.8) is 0 Å². The van der Waals surface area contributed by atoms with Crippen molar-refractivity contribution in [2.45, 2.75) is 47.1 Å². The van der Waals surface area contributed by atoms with E-state index in [4.69, 9.17) is 4.74 Å². The predicted octanol–water partition coefficient (Wildman–Crippen LogP) is 2.82. The van der Waals surface area contributed by atoms with E-state index in [0.717, 1.165) is 0 Å². The van der Waals surface area contributed by atoms with Crippen LogP contribution in [0.15, 0.2) is 11.8 Å². The molecular weight excluding hydrogens is 180 g/mol. The summed E-state index contributed by atoms with van der Waals surface area (Å²) in [6.07, 6.45) is 1.49. The van der Waals surface area contributed by atoms with Crippen molar-refractivity contribution in [1.82, 2.24) is 0 Å². The number of carbonyl (C=O) groups excluding carboxylic acids is 1. The third-order valence-electron chi connectivity index (χ3n) is 1.18. The fourth-order valence-corrected chi connectivity index (χ4v) is 0.799. The van der Waals surface area contributed by atoms with E-state index >= 15 is 0 Å². The zero-order valence-corrected chi connectivity index (χ0v) is 9.84. The molecule has 0 saturated carbocycles. The summed E-state index contributed by atoms with van der Waals surface area (Å²) in [5.74, 6) is -1.00. The largest absolute Gasteiger partial charge is 0.502 e. The molecule has 0 spiro atoms. The standard InChI is InChI=1S/C11H20O3/c1-10(2,3)7-8(12)9(13)14-11(4,5)6/h7,12H,1-6H3. The molecule has 14 heavy (non-hydrogen) atoms. The lowest BCUT2D eigenvalue weighted by Crippen LogP contribution is -2.25. The second kappa shape index (κ2) is 4.03. The summed E-state index contributed by atoms with van der Waals surface area (Å²) in [6.45, 7) is 11.0. The van der Waals surface area contributed by atoms with Crippen LogP contribution in [0, 0.1) is 5.41 Å². The van der Waals surface area contributed by atoms with Crippen molar-refractivity contribution in [2.75, 3.05) is 0 Å². The summed E-state index contributed by atoms with van der Waals surface area (Å²) in [4.78, 5) is 11.3. The third-order valence-corrected chi connectivity index (χ3v) is 1.18. The van der Waals surface area contributed by atoms with Gasteiger partial charge in [-0.3, -0.25) is 0 Å². The lowest BCUT2D eigenvalue weighted by Gasteiger charge is -2.20. The Bertz CT molecular complexity index is 238. The minimum Gasteiger partial charge on any atom is -0.502 e. The molecule has 0 aromatic rings. The predicted molar refractivity (Wildman–Crippen MR) is 56.0 cm³/mol. The first kappa shape index (κ1) is 13.0. The summed E-state index contributed by atoms with van der Waals surface area (Å²) < 4.78 is 4.99. The van der Waals surface area contributed by atoms with Crippen LogP contribution < -0.4 is 0 Å². The molecule has 0 aliphatic heterocycles. The molecule has 0 aliphatic carbocycles. The van der Waals surface area contributed by atoms with Crippen molar-refractivity contribution in [3.05, 3.63) is 11.8 Å². The molecule has 0 radical (unpaired) electrons. The first-order valence-corrected chi connectivity index (χ1v) is 4.66. The third kappa shape index (κ3) is 6.52. The molecule has 0 amide bonds. The van der Waals surface area contributed by atoms with Crippen molar-refractivity contribution in [1.29, 1.82) is 0 Å². The van der Waals surface area contributed by atoms with Crippen molar-refractivity contribution in [2.24, 2.45) is 5.41 Å². The molecule has 0 fully saturated rings. The van der Waals surface area contributed by atoms with E-state index in [1.54, 1.807) is 20.8 Å². The summed E-state index contributed by atoms with van der Waals surface area (Å²) in [5, 5.41) is 9.40. The van der Waals surface area contributed by atoms with Crippen LogP contribution in [0.3, 0.4) is 0 Å². The van der Waals surface area contributed by atoms with Crippen LogP contribution in [-0.2, 0) is 9.53 Å². The normalized spacial score (nSPS) is 14.0. The van der Waals surface area contributed by atoms with Crippen molar-refractivity contribution in [3.8, 4) is 0 Å². The lowest BCUT2D eigenvalue weighted by molar-refractivity contribution is -0.153. The highest BCUT2D eigenvalue weighted by Crippen LogP contribution is 2.18. The van der Waals surface area contributed by atoms with E-state index in [1.165, 1.54) is 6.08 Å². The second-order valence-electron chi connectivity index (χ2n) is 5.40. The Kier molecular flexibility index (Phi) is 3.74.